The molecule has 16 heavy (non-hydrogen) atoms. The van der Waals surface area contributed by atoms with E-state index in [2.05, 4.69) is 12.2 Å². The van der Waals surface area contributed by atoms with Crippen molar-refractivity contribution < 1.29 is 9.84 Å². The molecular formula is C13H27NO2. The van der Waals surface area contributed by atoms with Crippen LogP contribution in [0.1, 0.15) is 46.0 Å². The molecule has 0 saturated carbocycles. The number of ether oxygens (including phenoxy) is 1. The summed E-state index contributed by atoms with van der Waals surface area (Å²) >= 11 is 0. The van der Waals surface area contributed by atoms with Crippen molar-refractivity contribution in [2.75, 3.05) is 20.3 Å². The van der Waals surface area contributed by atoms with Gasteiger partial charge >= 0.3 is 0 Å². The fraction of sp³-hybridized carbons (Fsp3) is 1.00. The molecule has 0 spiro atoms. The largest absolute Gasteiger partial charge is 0.390 e. The van der Waals surface area contributed by atoms with Gasteiger partial charge in [0.1, 0.15) is 0 Å². The van der Waals surface area contributed by atoms with Crippen molar-refractivity contribution >= 4 is 0 Å². The van der Waals surface area contributed by atoms with E-state index in [0.29, 0.717) is 6.04 Å². The minimum atomic E-state index is -0.576. The SMILES string of the molecule is COCCC(C)C(C)(O)CC1CCCCN1. The number of rotatable bonds is 6. The first kappa shape index (κ1) is 13.9. The fourth-order valence-corrected chi connectivity index (χ4v) is 2.40. The van der Waals surface area contributed by atoms with Crippen molar-refractivity contribution in [3.8, 4) is 0 Å². The minimum absolute atomic E-state index is 0.288. The quantitative estimate of drug-likeness (QED) is 0.731. The standard InChI is InChI=1S/C13H27NO2/c1-11(7-9-16-3)13(2,15)10-12-6-4-5-8-14-12/h11-12,14-15H,4-10H2,1-3H3. The van der Waals surface area contributed by atoms with Gasteiger partial charge in [0.05, 0.1) is 5.60 Å². The Bertz CT molecular complexity index is 188. The maximum Gasteiger partial charge on any atom is 0.0660 e. The lowest BCUT2D eigenvalue weighted by Gasteiger charge is -2.35. The third-order valence-corrected chi connectivity index (χ3v) is 3.89. The zero-order valence-electron chi connectivity index (χ0n) is 11.0. The van der Waals surface area contributed by atoms with Crippen LogP contribution < -0.4 is 5.32 Å². The van der Waals surface area contributed by atoms with Crippen LogP contribution in [0.15, 0.2) is 0 Å². The van der Waals surface area contributed by atoms with E-state index in [0.717, 1.165) is 26.0 Å². The van der Waals surface area contributed by atoms with Crippen LogP contribution in [-0.2, 0) is 4.74 Å². The zero-order chi connectivity index (χ0) is 12.0. The average molecular weight is 229 g/mol. The number of nitrogens with one attached hydrogen (secondary N) is 1. The summed E-state index contributed by atoms with van der Waals surface area (Å²) in [6.45, 7) is 5.91. The lowest BCUT2D eigenvalue weighted by atomic mass is 9.81. The van der Waals surface area contributed by atoms with Crippen molar-refractivity contribution in [2.24, 2.45) is 5.92 Å². The first-order valence-corrected chi connectivity index (χ1v) is 6.51. The van der Waals surface area contributed by atoms with E-state index in [-0.39, 0.29) is 5.92 Å². The fourth-order valence-electron chi connectivity index (χ4n) is 2.40. The molecule has 1 saturated heterocycles. The molecule has 3 nitrogen and oxygen atoms in total. The van der Waals surface area contributed by atoms with Crippen molar-refractivity contribution in [2.45, 2.75) is 57.6 Å². The molecule has 0 aromatic rings. The topological polar surface area (TPSA) is 41.5 Å². The van der Waals surface area contributed by atoms with E-state index in [9.17, 15) is 5.11 Å². The molecule has 1 aliphatic rings. The maximum absolute atomic E-state index is 10.5. The Hall–Kier alpha value is -0.120. The average Bonchev–Trinajstić information content (AvgIpc) is 2.26. The first-order valence-electron chi connectivity index (χ1n) is 6.51. The molecule has 1 fully saturated rings. The number of aliphatic hydroxyl groups is 1. The van der Waals surface area contributed by atoms with E-state index in [1.54, 1.807) is 7.11 Å². The summed E-state index contributed by atoms with van der Waals surface area (Å²) in [4.78, 5) is 0. The normalized spacial score (nSPS) is 27.4. The van der Waals surface area contributed by atoms with Gasteiger partial charge in [0, 0.05) is 19.8 Å². The molecule has 1 rings (SSSR count). The monoisotopic (exact) mass is 229 g/mol. The van der Waals surface area contributed by atoms with Crippen LogP contribution in [-0.4, -0.2) is 37.0 Å². The second kappa shape index (κ2) is 6.58. The van der Waals surface area contributed by atoms with Crippen molar-refractivity contribution in [1.29, 1.82) is 0 Å². The Morgan fingerprint density at radius 1 is 1.50 bits per heavy atom. The minimum Gasteiger partial charge on any atom is -0.390 e. The molecule has 1 aliphatic heterocycles. The van der Waals surface area contributed by atoms with Crippen LogP contribution in [0.4, 0.5) is 0 Å². The Labute approximate surface area is 99.6 Å². The molecule has 2 N–H and O–H groups in total. The van der Waals surface area contributed by atoms with Crippen LogP contribution in [0.2, 0.25) is 0 Å². The van der Waals surface area contributed by atoms with Gasteiger partial charge in [-0.15, -0.1) is 0 Å². The lowest BCUT2D eigenvalue weighted by molar-refractivity contribution is -0.0228. The molecular weight excluding hydrogens is 202 g/mol. The smallest absolute Gasteiger partial charge is 0.0660 e. The highest BCUT2D eigenvalue weighted by atomic mass is 16.5. The molecule has 0 aromatic carbocycles. The summed E-state index contributed by atoms with van der Waals surface area (Å²) in [6.07, 6.45) is 5.55. The van der Waals surface area contributed by atoms with E-state index in [4.69, 9.17) is 4.74 Å². The molecule has 3 unspecified atom stereocenters. The maximum atomic E-state index is 10.5. The van der Waals surface area contributed by atoms with Gasteiger partial charge in [-0.25, -0.2) is 0 Å². The van der Waals surface area contributed by atoms with Gasteiger partial charge in [-0.3, -0.25) is 0 Å². The summed E-state index contributed by atoms with van der Waals surface area (Å²) in [5.74, 6) is 0.288. The summed E-state index contributed by atoms with van der Waals surface area (Å²) in [5, 5.41) is 14.0. The molecule has 3 atom stereocenters. The van der Waals surface area contributed by atoms with Gasteiger partial charge in [0.25, 0.3) is 0 Å². The van der Waals surface area contributed by atoms with Crippen LogP contribution in [0, 0.1) is 5.92 Å². The van der Waals surface area contributed by atoms with Crippen molar-refractivity contribution in [1.82, 2.24) is 5.32 Å². The predicted octanol–water partition coefficient (Wildman–Crippen LogP) is 1.94. The van der Waals surface area contributed by atoms with E-state index < -0.39 is 5.60 Å². The Morgan fingerprint density at radius 3 is 2.81 bits per heavy atom. The Balaban J connectivity index is 2.35. The van der Waals surface area contributed by atoms with Gasteiger partial charge < -0.3 is 15.2 Å². The van der Waals surface area contributed by atoms with Gasteiger partial charge in [-0.05, 0) is 45.1 Å². The highest BCUT2D eigenvalue weighted by Crippen LogP contribution is 2.27. The van der Waals surface area contributed by atoms with Gasteiger partial charge in [-0.2, -0.15) is 0 Å². The Morgan fingerprint density at radius 2 is 2.25 bits per heavy atom. The van der Waals surface area contributed by atoms with Crippen LogP contribution >= 0.6 is 0 Å². The third-order valence-electron chi connectivity index (χ3n) is 3.89. The van der Waals surface area contributed by atoms with Crippen LogP contribution in [0.5, 0.6) is 0 Å². The predicted molar refractivity (Wildman–Crippen MR) is 66.5 cm³/mol. The summed E-state index contributed by atoms with van der Waals surface area (Å²) in [6, 6.07) is 0.494. The first-order chi connectivity index (χ1) is 7.56. The summed E-state index contributed by atoms with van der Waals surface area (Å²) in [5.41, 5.74) is -0.576. The zero-order valence-corrected chi connectivity index (χ0v) is 11.0. The van der Waals surface area contributed by atoms with E-state index in [1.165, 1.54) is 19.3 Å². The molecule has 0 aromatic heterocycles. The van der Waals surface area contributed by atoms with E-state index in [1.807, 2.05) is 6.92 Å². The molecule has 0 aliphatic carbocycles. The Kier molecular flexibility index (Phi) is 5.73. The second-order valence-corrected chi connectivity index (χ2v) is 5.39. The number of hydrogen-bond donors (Lipinski definition) is 2. The summed E-state index contributed by atoms with van der Waals surface area (Å²) in [7, 11) is 1.71. The molecule has 3 heteroatoms. The van der Waals surface area contributed by atoms with Crippen molar-refractivity contribution in [3.05, 3.63) is 0 Å². The molecule has 0 amide bonds. The molecule has 1 heterocycles. The van der Waals surface area contributed by atoms with Gasteiger partial charge in [0.15, 0.2) is 0 Å². The summed E-state index contributed by atoms with van der Waals surface area (Å²) < 4.78 is 5.07. The number of hydrogen-bond acceptors (Lipinski definition) is 3. The molecule has 0 radical (unpaired) electrons. The van der Waals surface area contributed by atoms with Gasteiger partial charge in [0.2, 0.25) is 0 Å². The number of methoxy groups -OCH3 is 1. The van der Waals surface area contributed by atoms with Gasteiger partial charge in [-0.1, -0.05) is 13.3 Å². The molecule has 0 bridgehead atoms. The van der Waals surface area contributed by atoms with E-state index >= 15 is 0 Å². The van der Waals surface area contributed by atoms with Crippen molar-refractivity contribution in [3.63, 3.8) is 0 Å². The third kappa shape index (κ3) is 4.40. The van der Waals surface area contributed by atoms with Crippen LogP contribution in [0.3, 0.4) is 0 Å². The second-order valence-electron chi connectivity index (χ2n) is 5.39. The lowest BCUT2D eigenvalue weighted by Crippen LogP contribution is -2.44. The highest BCUT2D eigenvalue weighted by Gasteiger charge is 2.31. The number of piperidine rings is 1. The highest BCUT2D eigenvalue weighted by molar-refractivity contribution is 4.86. The van der Waals surface area contributed by atoms with Crippen LogP contribution in [0.25, 0.3) is 0 Å². The molecule has 96 valence electrons.